The van der Waals surface area contributed by atoms with Crippen molar-refractivity contribution in [3.05, 3.63) is 64.1 Å². The van der Waals surface area contributed by atoms with Gasteiger partial charge in [-0.15, -0.1) is 5.10 Å². The third kappa shape index (κ3) is 3.54. The Morgan fingerprint density at radius 1 is 1.17 bits per heavy atom. The molecular formula is C21H22N6O2S. The zero-order chi connectivity index (χ0) is 20.7. The molecule has 1 aromatic carbocycles. The summed E-state index contributed by atoms with van der Waals surface area (Å²) in [5, 5.41) is 12.6. The van der Waals surface area contributed by atoms with Gasteiger partial charge in [0.15, 0.2) is 0 Å². The van der Waals surface area contributed by atoms with Crippen LogP contribution in [-0.4, -0.2) is 54.4 Å². The number of piperidine rings is 1. The van der Waals surface area contributed by atoms with Crippen molar-refractivity contribution in [2.75, 3.05) is 18.8 Å². The van der Waals surface area contributed by atoms with Gasteiger partial charge in [-0.2, -0.15) is 4.68 Å². The number of benzene rings is 1. The van der Waals surface area contributed by atoms with E-state index in [2.05, 4.69) is 15.5 Å². The lowest BCUT2D eigenvalue weighted by Gasteiger charge is -2.42. The summed E-state index contributed by atoms with van der Waals surface area (Å²) in [4.78, 5) is 27.1. The average Bonchev–Trinajstić information content (AvgIpc) is 3.21. The van der Waals surface area contributed by atoms with Gasteiger partial charge in [-0.3, -0.25) is 9.59 Å². The fraction of sp³-hybridized carbons (Fsp3) is 0.381. The highest BCUT2D eigenvalue weighted by molar-refractivity contribution is 7.99. The molecule has 2 bridgehead atoms. The lowest BCUT2D eigenvalue weighted by atomic mass is 9.83. The Labute approximate surface area is 177 Å². The van der Waals surface area contributed by atoms with Crippen molar-refractivity contribution in [3.8, 4) is 5.69 Å². The van der Waals surface area contributed by atoms with Gasteiger partial charge in [0.1, 0.15) is 0 Å². The predicted octanol–water partition coefficient (Wildman–Crippen LogP) is 1.87. The molecule has 2 aliphatic heterocycles. The van der Waals surface area contributed by atoms with Crippen molar-refractivity contribution >= 4 is 17.7 Å². The molecule has 8 nitrogen and oxygen atoms in total. The van der Waals surface area contributed by atoms with Crippen molar-refractivity contribution < 1.29 is 4.79 Å². The summed E-state index contributed by atoms with van der Waals surface area (Å²) in [7, 11) is 0. The molecule has 1 amide bonds. The first-order valence-electron chi connectivity index (χ1n) is 10.0. The number of carbonyl (C=O) groups is 1. The Bertz CT molecular complexity index is 1160. The first-order chi connectivity index (χ1) is 14.6. The number of hydrogen-bond acceptors (Lipinski definition) is 6. The van der Waals surface area contributed by atoms with E-state index in [1.54, 1.807) is 10.7 Å². The minimum atomic E-state index is 0.0560. The van der Waals surface area contributed by atoms with Gasteiger partial charge >= 0.3 is 0 Å². The maximum Gasteiger partial charge on any atom is 0.250 e. The van der Waals surface area contributed by atoms with Crippen molar-refractivity contribution in [3.63, 3.8) is 0 Å². The predicted molar refractivity (Wildman–Crippen MR) is 113 cm³/mol. The van der Waals surface area contributed by atoms with Gasteiger partial charge in [0, 0.05) is 37.3 Å². The lowest BCUT2D eigenvalue weighted by Crippen LogP contribution is -2.49. The van der Waals surface area contributed by atoms with E-state index in [-0.39, 0.29) is 23.1 Å². The quantitative estimate of drug-likeness (QED) is 0.597. The van der Waals surface area contributed by atoms with Crippen molar-refractivity contribution in [1.29, 1.82) is 0 Å². The van der Waals surface area contributed by atoms with Gasteiger partial charge in [0.25, 0.3) is 5.56 Å². The molecule has 2 unspecified atom stereocenters. The molecule has 5 rings (SSSR count). The number of fused-ring (bicyclic) bond motifs is 4. The van der Waals surface area contributed by atoms with Gasteiger partial charge in [-0.05, 0) is 53.5 Å². The molecular weight excluding hydrogens is 400 g/mol. The van der Waals surface area contributed by atoms with Crippen LogP contribution in [-0.2, 0) is 11.3 Å². The summed E-state index contributed by atoms with van der Waals surface area (Å²) in [6.07, 6.45) is 1.03. The van der Waals surface area contributed by atoms with Gasteiger partial charge in [0.2, 0.25) is 11.1 Å². The molecule has 4 heterocycles. The van der Waals surface area contributed by atoms with Crippen LogP contribution in [0.15, 0.2) is 52.4 Å². The summed E-state index contributed by atoms with van der Waals surface area (Å²) in [5.41, 5.74) is 3.10. The van der Waals surface area contributed by atoms with Crippen LogP contribution in [0, 0.1) is 12.8 Å². The summed E-state index contributed by atoms with van der Waals surface area (Å²) in [6, 6.07) is 13.4. The standard InChI is InChI=1S/C21H22N6O2S/c1-14-4-2-5-17(8-14)27-21(22-23-24-27)30-13-20(29)25-10-15-9-16(12-25)18-6-3-7-19(28)26(18)11-15/h2-8,15-16H,9-13H2,1H3. The number of pyridine rings is 1. The second-order valence-electron chi connectivity index (χ2n) is 8.00. The molecule has 0 aliphatic carbocycles. The zero-order valence-electron chi connectivity index (χ0n) is 16.6. The van der Waals surface area contributed by atoms with Crippen LogP contribution in [0.1, 0.15) is 23.6 Å². The fourth-order valence-electron chi connectivity index (χ4n) is 4.51. The summed E-state index contributed by atoms with van der Waals surface area (Å²) in [5.74, 6) is 0.911. The van der Waals surface area contributed by atoms with E-state index in [4.69, 9.17) is 0 Å². The highest BCUT2D eigenvalue weighted by Gasteiger charge is 2.36. The SMILES string of the molecule is Cc1cccc(-n2nnnc2SCC(=O)N2CC3CC(C2)c2cccc(=O)n2C3)c1. The molecule has 0 saturated carbocycles. The summed E-state index contributed by atoms with van der Waals surface area (Å²) >= 11 is 1.35. The molecule has 1 fully saturated rings. The number of tetrazole rings is 1. The van der Waals surface area contributed by atoms with E-state index in [0.717, 1.165) is 23.4 Å². The van der Waals surface area contributed by atoms with E-state index in [0.29, 0.717) is 30.7 Å². The molecule has 30 heavy (non-hydrogen) atoms. The van der Waals surface area contributed by atoms with Crippen LogP contribution in [0.4, 0.5) is 0 Å². The number of amides is 1. The lowest BCUT2D eigenvalue weighted by molar-refractivity contribution is -0.131. The van der Waals surface area contributed by atoms with E-state index in [1.165, 1.54) is 11.8 Å². The van der Waals surface area contributed by atoms with Crippen molar-refractivity contribution in [2.45, 2.75) is 31.0 Å². The van der Waals surface area contributed by atoms with E-state index in [9.17, 15) is 9.59 Å². The fourth-order valence-corrected chi connectivity index (χ4v) is 5.30. The minimum Gasteiger partial charge on any atom is -0.341 e. The molecule has 2 aliphatic rings. The smallest absolute Gasteiger partial charge is 0.250 e. The third-order valence-electron chi connectivity index (χ3n) is 5.84. The zero-order valence-corrected chi connectivity index (χ0v) is 17.5. The average molecular weight is 423 g/mol. The number of nitrogens with zero attached hydrogens (tertiary/aromatic N) is 6. The van der Waals surface area contributed by atoms with Gasteiger partial charge in [-0.25, -0.2) is 0 Å². The number of aromatic nitrogens is 5. The molecule has 0 spiro atoms. The van der Waals surface area contributed by atoms with E-state index in [1.807, 2.05) is 52.8 Å². The molecule has 2 aromatic heterocycles. The topological polar surface area (TPSA) is 85.9 Å². The van der Waals surface area contributed by atoms with Gasteiger partial charge in [0.05, 0.1) is 11.4 Å². The monoisotopic (exact) mass is 422 g/mol. The Balaban J connectivity index is 1.28. The van der Waals surface area contributed by atoms with Crippen LogP contribution in [0.25, 0.3) is 5.69 Å². The van der Waals surface area contributed by atoms with Crippen LogP contribution >= 0.6 is 11.8 Å². The number of rotatable bonds is 4. The van der Waals surface area contributed by atoms with E-state index >= 15 is 0 Å². The minimum absolute atomic E-state index is 0.0560. The number of likely N-dealkylation sites (tertiary alicyclic amines) is 1. The normalized spacial score (nSPS) is 20.1. The van der Waals surface area contributed by atoms with Crippen LogP contribution in [0.5, 0.6) is 0 Å². The Morgan fingerprint density at radius 2 is 2.03 bits per heavy atom. The molecule has 1 saturated heterocycles. The summed E-state index contributed by atoms with van der Waals surface area (Å²) < 4.78 is 3.55. The molecule has 9 heteroatoms. The number of aryl methyl sites for hydroxylation is 1. The largest absolute Gasteiger partial charge is 0.341 e. The Hall–Kier alpha value is -2.94. The first kappa shape index (κ1) is 19.0. The second-order valence-corrected chi connectivity index (χ2v) is 8.94. The first-order valence-corrected chi connectivity index (χ1v) is 11.0. The Kier molecular flexibility index (Phi) is 4.90. The number of carbonyl (C=O) groups excluding carboxylic acids is 1. The van der Waals surface area contributed by atoms with Crippen LogP contribution < -0.4 is 5.56 Å². The number of hydrogen-bond donors (Lipinski definition) is 0. The highest BCUT2D eigenvalue weighted by atomic mass is 32.2. The van der Waals surface area contributed by atoms with E-state index < -0.39 is 0 Å². The second kappa shape index (κ2) is 7.71. The van der Waals surface area contributed by atoms with Gasteiger partial charge < -0.3 is 9.47 Å². The molecule has 2 atom stereocenters. The molecule has 0 N–H and O–H groups in total. The molecule has 0 radical (unpaired) electrons. The molecule has 3 aromatic rings. The van der Waals surface area contributed by atoms with Crippen molar-refractivity contribution in [2.24, 2.45) is 5.92 Å². The maximum atomic E-state index is 13.0. The van der Waals surface area contributed by atoms with Gasteiger partial charge in [-0.1, -0.05) is 30.0 Å². The maximum absolute atomic E-state index is 13.0. The number of thioether (sulfide) groups is 1. The Morgan fingerprint density at radius 3 is 2.90 bits per heavy atom. The van der Waals surface area contributed by atoms with Crippen molar-refractivity contribution in [1.82, 2.24) is 29.7 Å². The molecule has 154 valence electrons. The third-order valence-corrected chi connectivity index (χ3v) is 6.75. The van der Waals surface area contributed by atoms with Crippen LogP contribution in [0.3, 0.4) is 0 Å². The highest BCUT2D eigenvalue weighted by Crippen LogP contribution is 2.35. The van der Waals surface area contributed by atoms with Crippen LogP contribution in [0.2, 0.25) is 0 Å². The summed E-state index contributed by atoms with van der Waals surface area (Å²) in [6.45, 7) is 4.05.